The maximum atomic E-state index is 12.6. The van der Waals surface area contributed by atoms with Gasteiger partial charge in [-0.15, -0.1) is 0 Å². The first-order valence-electron chi connectivity index (χ1n) is 7.90. The second kappa shape index (κ2) is 6.15. The zero-order chi connectivity index (χ0) is 14.8. The first-order chi connectivity index (χ1) is 10.2. The highest BCUT2D eigenvalue weighted by Gasteiger charge is 2.33. The van der Waals surface area contributed by atoms with E-state index < -0.39 is 0 Å². The van der Waals surface area contributed by atoms with E-state index in [-0.39, 0.29) is 11.9 Å². The lowest BCUT2D eigenvalue weighted by Crippen LogP contribution is -2.51. The molecular formula is C15H25N5O. The van der Waals surface area contributed by atoms with Crippen LogP contribution in [0.25, 0.3) is 0 Å². The minimum atomic E-state index is 0.175. The number of hydrogen-bond acceptors (Lipinski definition) is 4. The van der Waals surface area contributed by atoms with Gasteiger partial charge in [0, 0.05) is 38.1 Å². The fourth-order valence-corrected chi connectivity index (χ4v) is 3.07. The molecule has 1 N–H and O–H groups in total. The van der Waals surface area contributed by atoms with Crippen molar-refractivity contribution in [1.82, 2.24) is 24.7 Å². The van der Waals surface area contributed by atoms with Crippen molar-refractivity contribution < 1.29 is 4.79 Å². The summed E-state index contributed by atoms with van der Waals surface area (Å²) in [5.74, 6) is 1.21. The third-order valence-corrected chi connectivity index (χ3v) is 4.64. The third-order valence-electron chi connectivity index (χ3n) is 4.64. The first-order valence-corrected chi connectivity index (χ1v) is 7.90. The molecule has 6 heteroatoms. The van der Waals surface area contributed by atoms with Crippen molar-refractivity contribution in [3.8, 4) is 0 Å². The van der Waals surface area contributed by atoms with E-state index in [0.717, 1.165) is 32.0 Å². The summed E-state index contributed by atoms with van der Waals surface area (Å²) in [6.45, 7) is 6.11. The molecule has 6 nitrogen and oxygen atoms in total. The molecule has 1 aliphatic carbocycles. The monoisotopic (exact) mass is 291 g/mol. The van der Waals surface area contributed by atoms with Gasteiger partial charge in [-0.3, -0.25) is 14.6 Å². The Morgan fingerprint density at radius 1 is 1.48 bits per heavy atom. The number of aromatic amines is 1. The number of rotatable bonds is 5. The highest BCUT2D eigenvalue weighted by atomic mass is 16.2. The quantitative estimate of drug-likeness (QED) is 0.868. The van der Waals surface area contributed by atoms with Gasteiger partial charge in [0.2, 0.25) is 5.91 Å². The summed E-state index contributed by atoms with van der Waals surface area (Å²) in [7, 11) is 2.09. The molecule has 0 bridgehead atoms. The Morgan fingerprint density at radius 2 is 2.29 bits per heavy atom. The average Bonchev–Trinajstić information content (AvgIpc) is 3.19. The lowest BCUT2D eigenvalue weighted by Gasteiger charge is -2.39. The van der Waals surface area contributed by atoms with Crippen LogP contribution in [-0.4, -0.2) is 76.4 Å². The number of carbonyl (C=O) groups excluding carboxylic acids is 1. The van der Waals surface area contributed by atoms with E-state index in [1.165, 1.54) is 12.8 Å². The minimum Gasteiger partial charge on any atom is -0.347 e. The number of H-pyrrole nitrogens is 1. The van der Waals surface area contributed by atoms with Crippen LogP contribution in [0.2, 0.25) is 0 Å². The lowest BCUT2D eigenvalue weighted by molar-refractivity contribution is -0.135. The van der Waals surface area contributed by atoms with E-state index in [1.54, 1.807) is 6.20 Å². The van der Waals surface area contributed by atoms with Gasteiger partial charge in [-0.05, 0) is 26.4 Å². The van der Waals surface area contributed by atoms with E-state index in [1.807, 2.05) is 11.1 Å². The molecule has 1 atom stereocenters. The van der Waals surface area contributed by atoms with Crippen LogP contribution in [0.4, 0.5) is 0 Å². The number of nitrogens with one attached hydrogen (secondary N) is 1. The van der Waals surface area contributed by atoms with Crippen molar-refractivity contribution in [2.45, 2.75) is 31.8 Å². The van der Waals surface area contributed by atoms with Crippen molar-refractivity contribution in [3.63, 3.8) is 0 Å². The van der Waals surface area contributed by atoms with Crippen molar-refractivity contribution in [2.24, 2.45) is 0 Å². The Balaban J connectivity index is 1.61. The molecule has 0 aromatic carbocycles. The number of aromatic nitrogens is 2. The number of nitrogens with zero attached hydrogens (tertiary/aromatic N) is 4. The molecule has 1 aromatic heterocycles. The molecule has 0 spiro atoms. The van der Waals surface area contributed by atoms with Gasteiger partial charge < -0.3 is 9.88 Å². The van der Waals surface area contributed by atoms with Crippen LogP contribution in [0.15, 0.2) is 12.4 Å². The number of carbonyl (C=O) groups is 1. The van der Waals surface area contributed by atoms with Crippen LogP contribution in [0, 0.1) is 0 Å². The smallest absolute Gasteiger partial charge is 0.236 e. The molecular weight excluding hydrogens is 266 g/mol. The molecule has 1 unspecified atom stereocenters. The molecule has 1 saturated carbocycles. The van der Waals surface area contributed by atoms with Gasteiger partial charge in [-0.1, -0.05) is 6.92 Å². The van der Waals surface area contributed by atoms with Gasteiger partial charge in [0.1, 0.15) is 5.82 Å². The second-order valence-corrected chi connectivity index (χ2v) is 6.10. The Hall–Kier alpha value is -1.40. The highest BCUT2D eigenvalue weighted by molar-refractivity contribution is 5.78. The molecule has 21 heavy (non-hydrogen) atoms. The summed E-state index contributed by atoms with van der Waals surface area (Å²) in [5, 5.41) is 0. The summed E-state index contributed by atoms with van der Waals surface area (Å²) in [4.78, 5) is 26.7. The zero-order valence-corrected chi connectivity index (χ0v) is 13.0. The van der Waals surface area contributed by atoms with Crippen molar-refractivity contribution >= 4 is 5.91 Å². The molecule has 1 amide bonds. The van der Waals surface area contributed by atoms with Crippen LogP contribution < -0.4 is 0 Å². The van der Waals surface area contributed by atoms with E-state index in [2.05, 4.69) is 33.7 Å². The van der Waals surface area contributed by atoms with Crippen molar-refractivity contribution in [2.75, 3.05) is 39.8 Å². The Morgan fingerprint density at radius 3 is 2.90 bits per heavy atom. The predicted molar refractivity (Wildman–Crippen MR) is 80.8 cm³/mol. The molecule has 2 fully saturated rings. The van der Waals surface area contributed by atoms with Gasteiger partial charge in [0.25, 0.3) is 0 Å². The Kier molecular flexibility index (Phi) is 4.26. The molecule has 2 aliphatic rings. The van der Waals surface area contributed by atoms with Crippen LogP contribution in [-0.2, 0) is 4.79 Å². The second-order valence-electron chi connectivity index (χ2n) is 6.10. The Bertz CT molecular complexity index is 470. The molecule has 3 rings (SSSR count). The van der Waals surface area contributed by atoms with E-state index in [9.17, 15) is 4.79 Å². The standard InChI is InChI=1S/C15H25N5O/c1-3-19(12-4-5-12)11-14(21)20-9-8-18(2)13(10-20)15-16-6-7-17-15/h6-7,12-13H,3-5,8-11H2,1-2H3,(H,16,17). The summed E-state index contributed by atoms with van der Waals surface area (Å²) in [6.07, 6.45) is 6.11. The van der Waals surface area contributed by atoms with Crippen LogP contribution in [0.1, 0.15) is 31.6 Å². The third kappa shape index (κ3) is 3.27. The van der Waals surface area contributed by atoms with Gasteiger partial charge in [-0.2, -0.15) is 0 Å². The highest BCUT2D eigenvalue weighted by Crippen LogP contribution is 2.27. The van der Waals surface area contributed by atoms with Gasteiger partial charge >= 0.3 is 0 Å². The van der Waals surface area contributed by atoms with E-state index in [0.29, 0.717) is 12.6 Å². The average molecular weight is 291 g/mol. The zero-order valence-electron chi connectivity index (χ0n) is 13.0. The summed E-state index contributed by atoms with van der Waals surface area (Å²) in [5.41, 5.74) is 0. The maximum absolute atomic E-state index is 12.6. The van der Waals surface area contributed by atoms with Gasteiger partial charge in [0.15, 0.2) is 0 Å². The number of likely N-dealkylation sites (N-methyl/N-ethyl adjacent to an activating group) is 2. The van der Waals surface area contributed by atoms with Crippen molar-refractivity contribution in [1.29, 1.82) is 0 Å². The fraction of sp³-hybridized carbons (Fsp3) is 0.733. The largest absolute Gasteiger partial charge is 0.347 e. The Labute approximate surface area is 126 Å². The molecule has 2 heterocycles. The molecule has 116 valence electrons. The molecule has 1 aliphatic heterocycles. The van der Waals surface area contributed by atoms with Crippen LogP contribution in [0.5, 0.6) is 0 Å². The number of amides is 1. The van der Waals surface area contributed by atoms with Gasteiger partial charge in [-0.25, -0.2) is 4.98 Å². The first kappa shape index (κ1) is 14.5. The molecule has 0 radical (unpaired) electrons. The predicted octanol–water partition coefficient (Wildman–Crippen LogP) is 0.709. The van der Waals surface area contributed by atoms with Crippen LogP contribution in [0.3, 0.4) is 0 Å². The molecule has 1 saturated heterocycles. The SMILES string of the molecule is CCN(CC(=O)N1CCN(C)C(c2ncc[nH]2)C1)C1CC1. The topological polar surface area (TPSA) is 55.5 Å². The van der Waals surface area contributed by atoms with Crippen molar-refractivity contribution in [3.05, 3.63) is 18.2 Å². The maximum Gasteiger partial charge on any atom is 0.236 e. The van der Waals surface area contributed by atoms with Crippen LogP contribution >= 0.6 is 0 Å². The minimum absolute atomic E-state index is 0.175. The lowest BCUT2D eigenvalue weighted by atomic mass is 10.1. The molecule has 1 aromatic rings. The van der Waals surface area contributed by atoms with Gasteiger partial charge in [0.05, 0.1) is 12.6 Å². The number of piperazine rings is 1. The van der Waals surface area contributed by atoms with E-state index in [4.69, 9.17) is 0 Å². The normalized spacial score (nSPS) is 23.8. The number of imidazole rings is 1. The fourth-order valence-electron chi connectivity index (χ4n) is 3.07. The number of hydrogen-bond donors (Lipinski definition) is 1. The summed E-state index contributed by atoms with van der Waals surface area (Å²) >= 11 is 0. The summed E-state index contributed by atoms with van der Waals surface area (Å²) < 4.78 is 0. The summed E-state index contributed by atoms with van der Waals surface area (Å²) in [6, 6.07) is 0.820. The van der Waals surface area contributed by atoms with E-state index >= 15 is 0 Å².